The van der Waals surface area contributed by atoms with E-state index in [4.69, 9.17) is 4.74 Å². The van der Waals surface area contributed by atoms with Crippen molar-refractivity contribution in [3.8, 4) is 0 Å². The third kappa shape index (κ3) is 2.46. The number of carbonyl (C=O) groups is 2. The van der Waals surface area contributed by atoms with Gasteiger partial charge in [0.15, 0.2) is 5.65 Å². The van der Waals surface area contributed by atoms with Crippen LogP contribution >= 0.6 is 0 Å². The van der Waals surface area contributed by atoms with Gasteiger partial charge in [0.25, 0.3) is 0 Å². The molecular weight excluding hydrogens is 274 g/mol. The molecule has 21 heavy (non-hydrogen) atoms. The van der Waals surface area contributed by atoms with Gasteiger partial charge in [-0.15, -0.1) is 0 Å². The average Bonchev–Trinajstić information content (AvgIpc) is 2.82. The van der Waals surface area contributed by atoms with Crippen molar-refractivity contribution in [2.45, 2.75) is 33.6 Å². The van der Waals surface area contributed by atoms with Gasteiger partial charge in [-0.2, -0.15) is 5.10 Å². The van der Waals surface area contributed by atoms with Gasteiger partial charge in [-0.1, -0.05) is 0 Å². The van der Waals surface area contributed by atoms with Crippen LogP contribution in [0.4, 0.5) is 0 Å². The number of aryl methyl sites for hydroxylation is 2. The maximum Gasteiger partial charge on any atom is 0.343 e. The van der Waals surface area contributed by atoms with Crippen molar-refractivity contribution in [2.75, 3.05) is 6.61 Å². The molecule has 1 N–H and O–H groups in total. The van der Waals surface area contributed by atoms with E-state index in [1.807, 2.05) is 0 Å². The molecule has 7 heteroatoms. The number of aromatic nitrogens is 3. The Kier molecular flexibility index (Phi) is 3.93. The Morgan fingerprint density at radius 2 is 2.10 bits per heavy atom. The van der Waals surface area contributed by atoms with Crippen LogP contribution in [0.5, 0.6) is 0 Å². The molecule has 0 bridgehead atoms. The van der Waals surface area contributed by atoms with Gasteiger partial charge in [-0.3, -0.25) is 4.79 Å². The predicted molar refractivity (Wildman–Crippen MR) is 74.5 cm³/mol. The van der Waals surface area contributed by atoms with Gasteiger partial charge in [0.1, 0.15) is 5.56 Å². The molecule has 0 fully saturated rings. The molecule has 2 aromatic rings. The molecule has 2 heterocycles. The van der Waals surface area contributed by atoms with E-state index in [1.54, 1.807) is 27.7 Å². The molecule has 7 nitrogen and oxygen atoms in total. The number of carbonyl (C=O) groups excluding carboxylic acids is 1. The van der Waals surface area contributed by atoms with Crippen LogP contribution < -0.4 is 0 Å². The Bertz CT molecular complexity index is 721. The summed E-state index contributed by atoms with van der Waals surface area (Å²) in [5.74, 6) is -2.12. The van der Waals surface area contributed by atoms with Crippen molar-refractivity contribution >= 4 is 17.6 Å². The molecular formula is C14H17N3O4. The summed E-state index contributed by atoms with van der Waals surface area (Å²) in [6, 6.07) is 0. The number of ether oxygens (including phenoxy) is 1. The molecule has 0 saturated heterocycles. The first-order valence-electron chi connectivity index (χ1n) is 6.63. The molecule has 1 atom stereocenters. The molecule has 1 unspecified atom stereocenters. The molecule has 2 rings (SSSR count). The van der Waals surface area contributed by atoms with E-state index in [9.17, 15) is 14.7 Å². The third-order valence-corrected chi connectivity index (χ3v) is 3.41. The van der Waals surface area contributed by atoms with E-state index in [-0.39, 0.29) is 12.2 Å². The number of carboxylic acids is 1. The van der Waals surface area contributed by atoms with Gasteiger partial charge in [-0.05, 0) is 27.7 Å². The van der Waals surface area contributed by atoms with Crippen molar-refractivity contribution < 1.29 is 19.4 Å². The van der Waals surface area contributed by atoms with Gasteiger partial charge in [-0.25, -0.2) is 14.3 Å². The second-order valence-electron chi connectivity index (χ2n) is 4.77. The summed E-state index contributed by atoms with van der Waals surface area (Å²) < 4.78 is 6.44. The van der Waals surface area contributed by atoms with E-state index in [0.717, 1.165) is 0 Å². The molecule has 0 aliphatic rings. The summed E-state index contributed by atoms with van der Waals surface area (Å²) in [5, 5.41) is 13.3. The molecule has 0 aromatic carbocycles. The first kappa shape index (κ1) is 15.0. The Morgan fingerprint density at radius 1 is 1.43 bits per heavy atom. The van der Waals surface area contributed by atoms with Gasteiger partial charge in [0.05, 0.1) is 18.7 Å². The maximum atomic E-state index is 11.9. The first-order chi connectivity index (χ1) is 9.88. The SMILES string of the molecule is CCOC(=O)c1cnn2c(C)c(C(C)C(=O)O)c(C)nc12. The number of nitrogens with zero attached hydrogens (tertiary/aromatic N) is 3. The number of hydrogen-bond acceptors (Lipinski definition) is 5. The second kappa shape index (κ2) is 5.51. The number of carboxylic acid groups (broad SMARTS) is 1. The number of rotatable bonds is 4. The van der Waals surface area contributed by atoms with Gasteiger partial charge in [0, 0.05) is 17.0 Å². The number of esters is 1. The molecule has 0 amide bonds. The highest BCUT2D eigenvalue weighted by atomic mass is 16.5. The van der Waals surface area contributed by atoms with Crippen LogP contribution in [0.2, 0.25) is 0 Å². The smallest absolute Gasteiger partial charge is 0.343 e. The first-order valence-corrected chi connectivity index (χ1v) is 6.63. The summed E-state index contributed by atoms with van der Waals surface area (Å²) in [6.45, 7) is 7.07. The van der Waals surface area contributed by atoms with Gasteiger partial charge < -0.3 is 9.84 Å². The summed E-state index contributed by atoms with van der Waals surface area (Å²) in [7, 11) is 0. The van der Waals surface area contributed by atoms with Crippen LogP contribution in [-0.2, 0) is 9.53 Å². The van der Waals surface area contributed by atoms with Crippen LogP contribution in [0.1, 0.15) is 47.1 Å². The Balaban J connectivity index is 2.65. The van der Waals surface area contributed by atoms with Gasteiger partial charge >= 0.3 is 11.9 Å². The topological polar surface area (TPSA) is 93.8 Å². The molecule has 2 aromatic heterocycles. The lowest BCUT2D eigenvalue weighted by atomic mass is 9.98. The number of hydrogen-bond donors (Lipinski definition) is 1. The number of fused-ring (bicyclic) bond motifs is 1. The zero-order valence-corrected chi connectivity index (χ0v) is 12.4. The minimum Gasteiger partial charge on any atom is -0.481 e. The fraction of sp³-hybridized carbons (Fsp3) is 0.429. The summed E-state index contributed by atoms with van der Waals surface area (Å²) >= 11 is 0. The standard InChI is InChI=1S/C14H17N3O4/c1-5-21-14(20)10-6-15-17-9(4)11(7(2)13(18)19)8(3)16-12(10)17/h6-7H,5H2,1-4H3,(H,18,19). The zero-order chi connectivity index (χ0) is 15.7. The van der Waals surface area contributed by atoms with Crippen molar-refractivity contribution in [1.82, 2.24) is 14.6 Å². The lowest BCUT2D eigenvalue weighted by Crippen LogP contribution is -2.15. The van der Waals surface area contributed by atoms with E-state index in [2.05, 4.69) is 10.1 Å². The highest BCUT2D eigenvalue weighted by Gasteiger charge is 2.24. The fourth-order valence-corrected chi connectivity index (χ4v) is 2.39. The lowest BCUT2D eigenvalue weighted by molar-refractivity contribution is -0.138. The quantitative estimate of drug-likeness (QED) is 0.862. The highest BCUT2D eigenvalue weighted by molar-refractivity contribution is 5.95. The monoisotopic (exact) mass is 291 g/mol. The van der Waals surface area contributed by atoms with Crippen LogP contribution in [0, 0.1) is 13.8 Å². The normalized spacial score (nSPS) is 12.4. The molecule has 0 aliphatic heterocycles. The molecule has 112 valence electrons. The Hall–Kier alpha value is -2.44. The summed E-state index contributed by atoms with van der Waals surface area (Å²) in [5.41, 5.74) is 2.49. The minimum atomic E-state index is -0.930. The Morgan fingerprint density at radius 3 is 2.67 bits per heavy atom. The van der Waals surface area contributed by atoms with Crippen molar-refractivity contribution in [3.63, 3.8) is 0 Å². The average molecular weight is 291 g/mol. The largest absolute Gasteiger partial charge is 0.481 e. The molecule has 0 spiro atoms. The second-order valence-corrected chi connectivity index (χ2v) is 4.77. The van der Waals surface area contributed by atoms with E-state index in [0.29, 0.717) is 22.6 Å². The molecule has 0 saturated carbocycles. The molecule has 0 radical (unpaired) electrons. The van der Waals surface area contributed by atoms with E-state index < -0.39 is 17.9 Å². The Labute approximate surface area is 121 Å². The summed E-state index contributed by atoms with van der Waals surface area (Å²) in [4.78, 5) is 27.4. The zero-order valence-electron chi connectivity index (χ0n) is 12.4. The molecule has 0 aliphatic carbocycles. The van der Waals surface area contributed by atoms with Crippen LogP contribution in [0.3, 0.4) is 0 Å². The minimum absolute atomic E-state index is 0.266. The van der Waals surface area contributed by atoms with Crippen molar-refractivity contribution in [2.24, 2.45) is 0 Å². The van der Waals surface area contributed by atoms with Crippen molar-refractivity contribution in [1.29, 1.82) is 0 Å². The van der Waals surface area contributed by atoms with Crippen molar-refractivity contribution in [3.05, 3.63) is 28.7 Å². The summed E-state index contributed by atoms with van der Waals surface area (Å²) in [6.07, 6.45) is 1.39. The maximum absolute atomic E-state index is 11.9. The predicted octanol–water partition coefficient (Wildman–Crippen LogP) is 1.71. The van der Waals surface area contributed by atoms with Crippen LogP contribution in [0.15, 0.2) is 6.20 Å². The van der Waals surface area contributed by atoms with E-state index >= 15 is 0 Å². The van der Waals surface area contributed by atoms with Crippen LogP contribution in [-0.4, -0.2) is 38.3 Å². The third-order valence-electron chi connectivity index (χ3n) is 3.41. The van der Waals surface area contributed by atoms with Crippen LogP contribution in [0.25, 0.3) is 5.65 Å². The highest BCUT2D eigenvalue weighted by Crippen LogP contribution is 2.24. The lowest BCUT2D eigenvalue weighted by Gasteiger charge is -2.14. The fourth-order valence-electron chi connectivity index (χ4n) is 2.39. The van der Waals surface area contributed by atoms with Gasteiger partial charge in [0.2, 0.25) is 0 Å². The van der Waals surface area contributed by atoms with E-state index in [1.165, 1.54) is 10.7 Å². The number of aliphatic carboxylic acids is 1.